The van der Waals surface area contributed by atoms with Gasteiger partial charge in [-0.05, 0) is 50.6 Å². The second-order valence-corrected chi connectivity index (χ2v) is 7.21. The third-order valence-electron chi connectivity index (χ3n) is 5.01. The van der Waals surface area contributed by atoms with Crippen molar-refractivity contribution in [2.45, 2.75) is 33.9 Å². The average Bonchev–Trinajstić information content (AvgIpc) is 3.04. The quantitative estimate of drug-likeness (QED) is 0.557. The molecule has 0 aliphatic carbocycles. The molecule has 7 nitrogen and oxygen atoms in total. The summed E-state index contributed by atoms with van der Waals surface area (Å²) in [4.78, 5) is 24.5. The smallest absolute Gasteiger partial charge is 0.251 e. The van der Waals surface area contributed by atoms with Crippen molar-refractivity contribution in [1.82, 2.24) is 20.4 Å². The van der Waals surface area contributed by atoms with E-state index < -0.39 is 0 Å². The molecule has 162 valence electrons. The highest BCUT2D eigenvalue weighted by atomic mass is 16.5. The third kappa shape index (κ3) is 5.94. The van der Waals surface area contributed by atoms with Gasteiger partial charge in [-0.15, -0.1) is 0 Å². The number of rotatable bonds is 9. The normalized spacial score (nSPS) is 10.5. The summed E-state index contributed by atoms with van der Waals surface area (Å²) in [6, 6.07) is 16.9. The van der Waals surface area contributed by atoms with E-state index in [0.29, 0.717) is 31.0 Å². The minimum absolute atomic E-state index is 0.0949. The molecule has 1 aromatic heterocycles. The molecule has 0 bridgehead atoms. The fraction of sp³-hybridized carbons (Fsp3) is 0.292. The van der Waals surface area contributed by atoms with Crippen LogP contribution in [0.3, 0.4) is 0 Å². The van der Waals surface area contributed by atoms with Crippen LogP contribution in [0.4, 0.5) is 0 Å². The number of amides is 2. The predicted octanol–water partition coefficient (Wildman–Crippen LogP) is 2.99. The van der Waals surface area contributed by atoms with Crippen LogP contribution in [-0.4, -0.2) is 34.7 Å². The Morgan fingerprint density at radius 3 is 2.39 bits per heavy atom. The van der Waals surface area contributed by atoms with Crippen LogP contribution in [-0.2, 0) is 17.9 Å². The first kappa shape index (κ1) is 22.1. The van der Waals surface area contributed by atoms with E-state index in [2.05, 4.69) is 27.9 Å². The summed E-state index contributed by atoms with van der Waals surface area (Å²) in [6.07, 6.45) is 0. The summed E-state index contributed by atoms with van der Waals surface area (Å²) in [6.45, 7) is 7.35. The predicted molar refractivity (Wildman–Crippen MR) is 119 cm³/mol. The van der Waals surface area contributed by atoms with E-state index in [-0.39, 0.29) is 18.4 Å². The highest BCUT2D eigenvalue weighted by Crippen LogP contribution is 2.15. The zero-order valence-corrected chi connectivity index (χ0v) is 18.1. The lowest BCUT2D eigenvalue weighted by Crippen LogP contribution is -2.36. The SMILES string of the molecule is CCOc1ccc(C(=O)NCC(=O)NCc2c(C)nn(Cc3ccccc3)c2C)cc1. The number of nitrogens with one attached hydrogen (secondary N) is 2. The summed E-state index contributed by atoms with van der Waals surface area (Å²) in [7, 11) is 0. The van der Waals surface area contributed by atoms with Crippen LogP contribution < -0.4 is 15.4 Å². The molecule has 0 spiro atoms. The zero-order valence-electron chi connectivity index (χ0n) is 18.1. The number of hydrogen-bond donors (Lipinski definition) is 2. The minimum atomic E-state index is -0.304. The Balaban J connectivity index is 1.51. The van der Waals surface area contributed by atoms with Gasteiger partial charge < -0.3 is 15.4 Å². The van der Waals surface area contributed by atoms with Gasteiger partial charge in [0.05, 0.1) is 25.4 Å². The minimum Gasteiger partial charge on any atom is -0.494 e. The van der Waals surface area contributed by atoms with Gasteiger partial charge in [0.25, 0.3) is 5.91 Å². The van der Waals surface area contributed by atoms with Crippen molar-refractivity contribution >= 4 is 11.8 Å². The van der Waals surface area contributed by atoms with Gasteiger partial charge in [0.1, 0.15) is 5.75 Å². The maximum absolute atomic E-state index is 12.2. The molecule has 0 saturated carbocycles. The van der Waals surface area contributed by atoms with Gasteiger partial charge in [-0.3, -0.25) is 14.3 Å². The molecule has 0 atom stereocenters. The molecule has 3 aromatic rings. The van der Waals surface area contributed by atoms with Crippen molar-refractivity contribution < 1.29 is 14.3 Å². The standard InChI is InChI=1S/C24H28N4O3/c1-4-31-21-12-10-20(11-13-21)24(30)26-15-23(29)25-14-22-17(2)27-28(18(22)3)16-19-8-6-5-7-9-19/h5-13H,4,14-16H2,1-3H3,(H,25,29)(H,26,30). The van der Waals surface area contributed by atoms with Crippen molar-refractivity contribution in [2.24, 2.45) is 0 Å². The Bertz CT molecular complexity index is 1030. The first-order valence-electron chi connectivity index (χ1n) is 10.3. The maximum atomic E-state index is 12.2. The molecule has 0 aliphatic heterocycles. The Kier molecular flexibility index (Phi) is 7.43. The molecule has 31 heavy (non-hydrogen) atoms. The van der Waals surface area contributed by atoms with E-state index in [1.54, 1.807) is 24.3 Å². The Morgan fingerprint density at radius 1 is 1.00 bits per heavy atom. The Hall–Kier alpha value is -3.61. The topological polar surface area (TPSA) is 85.2 Å². The van der Waals surface area contributed by atoms with Crippen LogP contribution in [0.1, 0.15) is 39.8 Å². The lowest BCUT2D eigenvalue weighted by atomic mass is 10.2. The molecule has 0 radical (unpaired) electrons. The molecule has 1 heterocycles. The van der Waals surface area contributed by atoms with Crippen molar-refractivity contribution in [3.8, 4) is 5.75 Å². The molecule has 2 amide bonds. The highest BCUT2D eigenvalue weighted by Gasteiger charge is 2.14. The fourth-order valence-electron chi connectivity index (χ4n) is 3.28. The maximum Gasteiger partial charge on any atom is 0.251 e. The van der Waals surface area contributed by atoms with Gasteiger partial charge in [-0.1, -0.05) is 30.3 Å². The van der Waals surface area contributed by atoms with Crippen molar-refractivity contribution in [1.29, 1.82) is 0 Å². The van der Waals surface area contributed by atoms with Gasteiger partial charge >= 0.3 is 0 Å². The van der Waals surface area contributed by atoms with Gasteiger partial charge in [-0.2, -0.15) is 5.10 Å². The second-order valence-electron chi connectivity index (χ2n) is 7.21. The number of carbonyl (C=O) groups is 2. The molecule has 7 heteroatoms. The number of benzene rings is 2. The van der Waals surface area contributed by atoms with Crippen molar-refractivity contribution in [2.75, 3.05) is 13.2 Å². The van der Waals surface area contributed by atoms with E-state index in [1.165, 1.54) is 5.56 Å². The number of hydrogen-bond acceptors (Lipinski definition) is 4. The number of aryl methyl sites for hydroxylation is 1. The summed E-state index contributed by atoms with van der Waals surface area (Å²) in [5, 5.41) is 10.1. The van der Waals surface area contributed by atoms with E-state index in [9.17, 15) is 9.59 Å². The molecule has 0 aliphatic rings. The lowest BCUT2D eigenvalue weighted by molar-refractivity contribution is -0.120. The molecule has 3 rings (SSSR count). The van der Waals surface area contributed by atoms with Gasteiger partial charge in [0.15, 0.2) is 0 Å². The average molecular weight is 421 g/mol. The molecule has 2 aromatic carbocycles. The Morgan fingerprint density at radius 2 is 1.71 bits per heavy atom. The van der Waals surface area contributed by atoms with Crippen LogP contribution in [0.25, 0.3) is 0 Å². The fourth-order valence-corrected chi connectivity index (χ4v) is 3.28. The van der Waals surface area contributed by atoms with Crippen LogP contribution in [0.5, 0.6) is 5.75 Å². The first-order chi connectivity index (χ1) is 15.0. The van der Waals surface area contributed by atoms with Crippen LogP contribution in [0, 0.1) is 13.8 Å². The lowest BCUT2D eigenvalue weighted by Gasteiger charge is -2.09. The van der Waals surface area contributed by atoms with E-state index in [4.69, 9.17) is 4.74 Å². The molecular formula is C24H28N4O3. The molecule has 0 unspecified atom stereocenters. The number of nitrogens with zero attached hydrogens (tertiary/aromatic N) is 2. The summed E-state index contributed by atoms with van der Waals surface area (Å²) < 4.78 is 7.31. The second kappa shape index (κ2) is 10.4. The first-order valence-corrected chi connectivity index (χ1v) is 10.3. The van der Waals surface area contributed by atoms with Crippen LogP contribution in [0.2, 0.25) is 0 Å². The van der Waals surface area contributed by atoms with Crippen LogP contribution >= 0.6 is 0 Å². The molecule has 2 N–H and O–H groups in total. The molecule has 0 saturated heterocycles. The summed E-state index contributed by atoms with van der Waals surface area (Å²) >= 11 is 0. The van der Waals surface area contributed by atoms with Crippen molar-refractivity contribution in [3.63, 3.8) is 0 Å². The van der Waals surface area contributed by atoms with E-state index in [1.807, 2.05) is 43.7 Å². The zero-order chi connectivity index (χ0) is 22.2. The van der Waals surface area contributed by atoms with Gasteiger partial charge in [0, 0.05) is 23.4 Å². The largest absolute Gasteiger partial charge is 0.494 e. The molecular weight excluding hydrogens is 392 g/mol. The van der Waals surface area contributed by atoms with Crippen LogP contribution in [0.15, 0.2) is 54.6 Å². The van der Waals surface area contributed by atoms with E-state index in [0.717, 1.165) is 17.0 Å². The summed E-state index contributed by atoms with van der Waals surface area (Å²) in [5.74, 6) is 0.144. The Labute approximate surface area is 182 Å². The van der Waals surface area contributed by atoms with E-state index >= 15 is 0 Å². The monoisotopic (exact) mass is 420 g/mol. The highest BCUT2D eigenvalue weighted by molar-refractivity contribution is 5.96. The van der Waals surface area contributed by atoms with Gasteiger partial charge in [-0.25, -0.2) is 0 Å². The van der Waals surface area contributed by atoms with Gasteiger partial charge in [0.2, 0.25) is 5.91 Å². The number of ether oxygens (including phenoxy) is 1. The van der Waals surface area contributed by atoms with Crippen molar-refractivity contribution in [3.05, 3.63) is 82.7 Å². The number of carbonyl (C=O) groups excluding carboxylic acids is 2. The summed E-state index contributed by atoms with van der Waals surface area (Å²) in [5.41, 5.74) is 4.53. The number of aromatic nitrogens is 2. The molecule has 0 fully saturated rings. The third-order valence-corrected chi connectivity index (χ3v) is 5.01.